The molecule has 2 N–H and O–H groups in total. The smallest absolute Gasteiger partial charge is 0.204 e. The summed E-state index contributed by atoms with van der Waals surface area (Å²) in [6.07, 6.45) is 8.05. The standard InChI is InChI=1S/C19H23BrN4O2.C2H6/c20-18-16-8-15(9-21)26-17(16)10-22-19(18)23-12-3-5-13(6-4-12)24-7-1-2-14(25)11-24;1-2/h8,10,12-14,25H,1-7,11H2,(H,22,23);1-2H3. The lowest BCUT2D eigenvalue weighted by Crippen LogP contribution is -2.47. The number of aliphatic hydroxyl groups excluding tert-OH is 1. The maximum atomic E-state index is 9.90. The van der Waals surface area contributed by atoms with Gasteiger partial charge in [0.25, 0.3) is 0 Å². The van der Waals surface area contributed by atoms with Crippen LogP contribution in [0.25, 0.3) is 11.0 Å². The Morgan fingerprint density at radius 2 is 2.04 bits per heavy atom. The molecule has 4 rings (SSSR count). The van der Waals surface area contributed by atoms with Crippen molar-refractivity contribution in [3.8, 4) is 6.07 Å². The number of pyridine rings is 1. The van der Waals surface area contributed by atoms with E-state index in [4.69, 9.17) is 9.68 Å². The van der Waals surface area contributed by atoms with Crippen LogP contribution >= 0.6 is 15.9 Å². The van der Waals surface area contributed by atoms with E-state index < -0.39 is 0 Å². The van der Waals surface area contributed by atoms with Crippen LogP contribution in [0, 0.1) is 11.3 Å². The Balaban J connectivity index is 0.00000109. The molecule has 1 aliphatic carbocycles. The molecule has 0 spiro atoms. The zero-order valence-electron chi connectivity index (χ0n) is 16.6. The number of nitrogens with zero attached hydrogens (tertiary/aromatic N) is 3. The fourth-order valence-corrected chi connectivity index (χ4v) is 4.76. The summed E-state index contributed by atoms with van der Waals surface area (Å²) in [6, 6.07) is 4.75. The Kier molecular flexibility index (Phi) is 7.33. The van der Waals surface area contributed by atoms with Crippen LogP contribution in [0.3, 0.4) is 0 Å². The van der Waals surface area contributed by atoms with Crippen LogP contribution in [-0.4, -0.2) is 46.3 Å². The number of β-amino-alcohol motifs (C(OH)–C–C–N with tert-alkyl or cyclic N) is 1. The number of halogens is 1. The number of piperidine rings is 1. The molecular formula is C21H29BrN4O2. The lowest BCUT2D eigenvalue weighted by Gasteiger charge is -2.40. The molecule has 2 aromatic heterocycles. The van der Waals surface area contributed by atoms with Crippen LogP contribution in [-0.2, 0) is 0 Å². The molecule has 0 aromatic carbocycles. The molecular weight excluding hydrogens is 420 g/mol. The number of rotatable bonds is 3. The van der Waals surface area contributed by atoms with Gasteiger partial charge in [0, 0.05) is 30.1 Å². The monoisotopic (exact) mass is 448 g/mol. The van der Waals surface area contributed by atoms with E-state index in [1.165, 1.54) is 0 Å². The minimum Gasteiger partial charge on any atom is -0.444 e. The minimum atomic E-state index is -0.153. The van der Waals surface area contributed by atoms with Gasteiger partial charge in [-0.15, -0.1) is 0 Å². The summed E-state index contributed by atoms with van der Waals surface area (Å²) >= 11 is 3.60. The summed E-state index contributed by atoms with van der Waals surface area (Å²) in [4.78, 5) is 6.93. The van der Waals surface area contributed by atoms with Gasteiger partial charge in [-0.2, -0.15) is 5.26 Å². The second kappa shape index (κ2) is 9.73. The van der Waals surface area contributed by atoms with E-state index in [2.05, 4.69) is 31.1 Å². The van der Waals surface area contributed by atoms with E-state index in [0.29, 0.717) is 23.4 Å². The Morgan fingerprint density at radius 1 is 1.29 bits per heavy atom. The molecule has 0 amide bonds. The van der Waals surface area contributed by atoms with Crippen molar-refractivity contribution < 1.29 is 9.52 Å². The molecule has 0 radical (unpaired) electrons. The van der Waals surface area contributed by atoms with E-state index in [1.807, 2.05) is 19.9 Å². The molecule has 28 heavy (non-hydrogen) atoms. The molecule has 0 bridgehead atoms. The number of aliphatic hydroxyl groups is 1. The average molecular weight is 449 g/mol. The molecule has 1 saturated carbocycles. The molecule has 7 heteroatoms. The molecule has 1 unspecified atom stereocenters. The number of hydrogen-bond acceptors (Lipinski definition) is 6. The number of anilines is 1. The number of fused-ring (bicyclic) bond motifs is 1. The first-order valence-electron chi connectivity index (χ1n) is 10.3. The summed E-state index contributed by atoms with van der Waals surface area (Å²) in [6.45, 7) is 5.94. The molecule has 6 nitrogen and oxygen atoms in total. The van der Waals surface area contributed by atoms with Crippen molar-refractivity contribution in [3.05, 3.63) is 22.5 Å². The summed E-state index contributed by atoms with van der Waals surface area (Å²) in [5, 5.41) is 23.3. The lowest BCUT2D eigenvalue weighted by atomic mass is 9.89. The van der Waals surface area contributed by atoms with Crippen molar-refractivity contribution in [1.29, 1.82) is 5.26 Å². The zero-order valence-corrected chi connectivity index (χ0v) is 18.2. The molecule has 152 valence electrons. The van der Waals surface area contributed by atoms with Gasteiger partial charge in [-0.25, -0.2) is 4.98 Å². The van der Waals surface area contributed by atoms with Crippen LogP contribution in [0.1, 0.15) is 58.1 Å². The first-order valence-corrected chi connectivity index (χ1v) is 11.1. The van der Waals surface area contributed by atoms with E-state index >= 15 is 0 Å². The second-order valence-corrected chi connectivity index (χ2v) is 8.15. The summed E-state index contributed by atoms with van der Waals surface area (Å²) < 4.78 is 6.27. The third kappa shape index (κ3) is 4.68. The van der Waals surface area contributed by atoms with Gasteiger partial charge in [0.05, 0.1) is 16.8 Å². The van der Waals surface area contributed by atoms with Crippen LogP contribution in [0.15, 0.2) is 21.2 Å². The molecule has 1 aliphatic heterocycles. The summed E-state index contributed by atoms with van der Waals surface area (Å²) in [5.74, 6) is 1.10. The first-order chi connectivity index (χ1) is 13.6. The van der Waals surface area contributed by atoms with E-state index in [0.717, 1.165) is 67.3 Å². The van der Waals surface area contributed by atoms with E-state index in [-0.39, 0.29) is 6.10 Å². The fourth-order valence-electron chi connectivity index (χ4n) is 4.23. The van der Waals surface area contributed by atoms with Crippen molar-refractivity contribution in [2.24, 2.45) is 0 Å². The number of nitrogens with one attached hydrogen (secondary N) is 1. The minimum absolute atomic E-state index is 0.153. The van der Waals surface area contributed by atoms with Gasteiger partial charge < -0.3 is 14.8 Å². The van der Waals surface area contributed by atoms with Crippen molar-refractivity contribution >= 4 is 32.7 Å². The number of nitriles is 1. The first kappa shape index (κ1) is 21.1. The number of likely N-dealkylation sites (tertiary alicyclic amines) is 1. The molecule has 2 aliphatic rings. The Bertz CT molecular complexity index is 824. The summed E-state index contributed by atoms with van der Waals surface area (Å²) in [5.41, 5.74) is 0.617. The van der Waals surface area contributed by atoms with Gasteiger partial charge in [0.15, 0.2) is 5.58 Å². The lowest BCUT2D eigenvalue weighted by molar-refractivity contribution is 0.0352. The highest BCUT2D eigenvalue weighted by Crippen LogP contribution is 2.34. The van der Waals surface area contributed by atoms with Gasteiger partial charge in [-0.05, 0) is 61.0 Å². The normalized spacial score (nSPS) is 25.6. The predicted molar refractivity (Wildman–Crippen MR) is 114 cm³/mol. The molecule has 1 atom stereocenters. The highest BCUT2D eigenvalue weighted by atomic mass is 79.9. The van der Waals surface area contributed by atoms with Gasteiger partial charge >= 0.3 is 0 Å². The van der Waals surface area contributed by atoms with Gasteiger partial charge in [0.1, 0.15) is 11.9 Å². The van der Waals surface area contributed by atoms with Gasteiger partial charge in [0.2, 0.25) is 5.76 Å². The van der Waals surface area contributed by atoms with Crippen LogP contribution in [0.4, 0.5) is 5.82 Å². The number of aromatic nitrogens is 1. The van der Waals surface area contributed by atoms with Crippen LogP contribution in [0.2, 0.25) is 0 Å². The van der Waals surface area contributed by atoms with Gasteiger partial charge in [-0.3, -0.25) is 4.90 Å². The molecule has 2 aromatic rings. The van der Waals surface area contributed by atoms with Crippen LogP contribution in [0.5, 0.6) is 0 Å². The SMILES string of the molecule is CC.N#Cc1cc2c(Br)c(NC3CCC(N4CCCC(O)C4)CC3)ncc2o1. The Hall–Kier alpha value is -1.62. The average Bonchev–Trinajstić information content (AvgIpc) is 3.16. The quantitative estimate of drug-likeness (QED) is 0.709. The highest BCUT2D eigenvalue weighted by molar-refractivity contribution is 9.10. The number of furan rings is 1. The van der Waals surface area contributed by atoms with Crippen molar-refractivity contribution in [2.75, 3.05) is 18.4 Å². The van der Waals surface area contributed by atoms with Gasteiger partial charge in [-0.1, -0.05) is 13.8 Å². The zero-order chi connectivity index (χ0) is 20.1. The number of hydrogen-bond donors (Lipinski definition) is 2. The largest absolute Gasteiger partial charge is 0.444 e. The topological polar surface area (TPSA) is 85.3 Å². The van der Waals surface area contributed by atoms with E-state index in [9.17, 15) is 5.11 Å². The summed E-state index contributed by atoms with van der Waals surface area (Å²) in [7, 11) is 0. The second-order valence-electron chi connectivity index (χ2n) is 7.36. The van der Waals surface area contributed by atoms with Crippen molar-refractivity contribution in [2.45, 2.75) is 70.6 Å². The maximum absolute atomic E-state index is 9.90. The van der Waals surface area contributed by atoms with Crippen molar-refractivity contribution in [3.63, 3.8) is 0 Å². The third-order valence-corrected chi connectivity index (χ3v) is 6.41. The maximum Gasteiger partial charge on any atom is 0.204 e. The van der Waals surface area contributed by atoms with Crippen molar-refractivity contribution in [1.82, 2.24) is 9.88 Å². The van der Waals surface area contributed by atoms with E-state index in [1.54, 1.807) is 12.3 Å². The van der Waals surface area contributed by atoms with Crippen LogP contribution < -0.4 is 5.32 Å². The molecule has 1 saturated heterocycles. The predicted octanol–water partition coefficient (Wildman–Crippen LogP) is 4.67. The fraction of sp³-hybridized carbons (Fsp3) is 0.619. The third-order valence-electron chi connectivity index (χ3n) is 5.61. The molecule has 3 heterocycles. The molecule has 2 fully saturated rings. The highest BCUT2D eigenvalue weighted by Gasteiger charge is 2.29. The Labute approximate surface area is 175 Å². The Morgan fingerprint density at radius 3 is 2.71 bits per heavy atom.